The third-order valence-corrected chi connectivity index (χ3v) is 8.91. The van der Waals surface area contributed by atoms with Gasteiger partial charge in [-0.2, -0.15) is 0 Å². The van der Waals surface area contributed by atoms with Crippen LogP contribution >= 0.6 is 11.6 Å². The van der Waals surface area contributed by atoms with E-state index in [0.717, 1.165) is 11.1 Å². The third-order valence-electron chi connectivity index (χ3n) is 4.49. The lowest BCUT2D eigenvalue weighted by Crippen LogP contribution is -2.43. The summed E-state index contributed by atoms with van der Waals surface area (Å²) in [4.78, 5) is 0.0892. The molecule has 0 saturated carbocycles. The first-order valence-electron chi connectivity index (χ1n) is 8.16. The molecular weight excluding hydrogens is 394 g/mol. The Morgan fingerprint density at radius 2 is 1.81 bits per heavy atom. The van der Waals surface area contributed by atoms with Gasteiger partial charge in [0.05, 0.1) is 21.7 Å². The standard InChI is InChI=1S/C18H20ClNO4S2/c1-13-3-2-4-14(9-13)10-20-17-11-25(21,22)12-18(17)26(23,24)16-7-5-15(19)6-8-16/h2-9,17-18,20H,10-12H2,1H3/t17-,18-/m0/s1. The highest BCUT2D eigenvalue weighted by molar-refractivity contribution is 7.96. The number of sulfone groups is 2. The van der Waals surface area contributed by atoms with Crippen LogP contribution in [0.5, 0.6) is 0 Å². The normalized spacial score (nSPS) is 22.4. The van der Waals surface area contributed by atoms with Crippen molar-refractivity contribution >= 4 is 31.3 Å². The second-order valence-corrected chi connectivity index (χ2v) is 11.3. The van der Waals surface area contributed by atoms with Crippen LogP contribution in [0.15, 0.2) is 53.4 Å². The fraction of sp³-hybridized carbons (Fsp3) is 0.333. The van der Waals surface area contributed by atoms with Gasteiger partial charge in [0.25, 0.3) is 0 Å². The van der Waals surface area contributed by atoms with Crippen molar-refractivity contribution in [1.29, 1.82) is 0 Å². The van der Waals surface area contributed by atoms with E-state index in [9.17, 15) is 16.8 Å². The number of rotatable bonds is 5. The summed E-state index contributed by atoms with van der Waals surface area (Å²) >= 11 is 5.82. The van der Waals surface area contributed by atoms with Gasteiger partial charge in [-0.15, -0.1) is 0 Å². The number of aryl methyl sites for hydroxylation is 1. The van der Waals surface area contributed by atoms with Crippen LogP contribution in [0.3, 0.4) is 0 Å². The SMILES string of the molecule is Cc1cccc(CN[C@H]2CS(=O)(=O)C[C@@H]2S(=O)(=O)c2ccc(Cl)cc2)c1. The zero-order chi connectivity index (χ0) is 18.9. The highest BCUT2D eigenvalue weighted by Gasteiger charge is 2.45. The highest BCUT2D eigenvalue weighted by Crippen LogP contribution is 2.27. The third kappa shape index (κ3) is 4.28. The first kappa shape index (κ1) is 19.4. The summed E-state index contributed by atoms with van der Waals surface area (Å²) in [7, 11) is -7.21. The van der Waals surface area contributed by atoms with E-state index in [2.05, 4.69) is 5.32 Å². The molecule has 1 fully saturated rings. The minimum absolute atomic E-state index is 0.0892. The van der Waals surface area contributed by atoms with E-state index in [-0.39, 0.29) is 16.4 Å². The molecule has 1 aliphatic rings. The summed E-state index contributed by atoms with van der Waals surface area (Å²) < 4.78 is 50.2. The Morgan fingerprint density at radius 3 is 2.46 bits per heavy atom. The molecule has 3 rings (SSSR count). The van der Waals surface area contributed by atoms with Gasteiger partial charge >= 0.3 is 0 Å². The van der Waals surface area contributed by atoms with Crippen LogP contribution in [0, 0.1) is 6.92 Å². The number of hydrogen-bond acceptors (Lipinski definition) is 5. The maximum absolute atomic E-state index is 13.0. The van der Waals surface area contributed by atoms with Gasteiger partial charge in [-0.05, 0) is 36.8 Å². The molecule has 26 heavy (non-hydrogen) atoms. The monoisotopic (exact) mass is 413 g/mol. The van der Waals surface area contributed by atoms with Gasteiger partial charge in [0.15, 0.2) is 19.7 Å². The van der Waals surface area contributed by atoms with E-state index >= 15 is 0 Å². The van der Waals surface area contributed by atoms with Crippen LogP contribution in [0.4, 0.5) is 0 Å². The Morgan fingerprint density at radius 1 is 1.12 bits per heavy atom. The van der Waals surface area contributed by atoms with E-state index in [0.29, 0.717) is 11.6 Å². The lowest BCUT2D eigenvalue weighted by Gasteiger charge is -2.20. The number of hydrogen-bond donors (Lipinski definition) is 1. The van der Waals surface area contributed by atoms with E-state index in [1.165, 1.54) is 24.3 Å². The molecule has 140 valence electrons. The molecule has 5 nitrogen and oxygen atoms in total. The molecule has 0 aliphatic carbocycles. The van der Waals surface area contributed by atoms with Gasteiger partial charge < -0.3 is 5.32 Å². The van der Waals surface area contributed by atoms with E-state index in [1.807, 2.05) is 31.2 Å². The summed E-state index contributed by atoms with van der Waals surface area (Å²) in [5.41, 5.74) is 2.07. The van der Waals surface area contributed by atoms with Crippen molar-refractivity contribution in [1.82, 2.24) is 5.32 Å². The zero-order valence-corrected chi connectivity index (χ0v) is 16.6. The van der Waals surface area contributed by atoms with Gasteiger partial charge in [-0.25, -0.2) is 16.8 Å². The topological polar surface area (TPSA) is 80.3 Å². The van der Waals surface area contributed by atoms with Crippen molar-refractivity contribution < 1.29 is 16.8 Å². The van der Waals surface area contributed by atoms with Crippen molar-refractivity contribution in [3.8, 4) is 0 Å². The predicted molar refractivity (Wildman–Crippen MR) is 103 cm³/mol. The first-order valence-corrected chi connectivity index (χ1v) is 11.9. The second-order valence-electron chi connectivity index (χ2n) is 6.59. The quantitative estimate of drug-likeness (QED) is 0.813. The number of nitrogens with one attached hydrogen (secondary N) is 1. The maximum atomic E-state index is 13.0. The number of halogens is 1. The van der Waals surface area contributed by atoms with Crippen LogP contribution in [-0.2, 0) is 26.2 Å². The van der Waals surface area contributed by atoms with Crippen LogP contribution in [0.2, 0.25) is 5.02 Å². The second kappa shape index (κ2) is 7.31. The van der Waals surface area contributed by atoms with Gasteiger partial charge in [0.1, 0.15) is 0 Å². The molecule has 1 aliphatic heterocycles. The number of benzene rings is 2. The summed E-state index contributed by atoms with van der Waals surface area (Å²) in [5, 5.41) is 2.55. The van der Waals surface area contributed by atoms with Crippen molar-refractivity contribution in [3.63, 3.8) is 0 Å². The fourth-order valence-corrected chi connectivity index (χ4v) is 8.02. The van der Waals surface area contributed by atoms with Crippen molar-refractivity contribution in [2.24, 2.45) is 0 Å². The van der Waals surface area contributed by atoms with E-state index in [4.69, 9.17) is 11.6 Å². The molecule has 8 heteroatoms. The minimum Gasteiger partial charge on any atom is -0.308 e. The van der Waals surface area contributed by atoms with Crippen LogP contribution in [-0.4, -0.2) is 39.6 Å². The van der Waals surface area contributed by atoms with Gasteiger partial charge in [0.2, 0.25) is 0 Å². The zero-order valence-electron chi connectivity index (χ0n) is 14.2. The molecule has 0 bridgehead atoms. The van der Waals surface area contributed by atoms with Crippen LogP contribution < -0.4 is 5.32 Å². The van der Waals surface area contributed by atoms with Crippen LogP contribution in [0.25, 0.3) is 0 Å². The van der Waals surface area contributed by atoms with Crippen molar-refractivity contribution in [3.05, 3.63) is 64.7 Å². The Hall–Kier alpha value is -1.41. The Labute approximate surface area is 159 Å². The summed E-state index contributed by atoms with van der Waals surface area (Å²) in [5.74, 6) is -0.556. The molecule has 0 spiro atoms. The lowest BCUT2D eigenvalue weighted by atomic mass is 10.1. The van der Waals surface area contributed by atoms with Crippen molar-refractivity contribution in [2.45, 2.75) is 29.7 Å². The molecular formula is C18H20ClNO4S2. The molecule has 1 heterocycles. The largest absolute Gasteiger partial charge is 0.308 e. The molecule has 0 unspecified atom stereocenters. The first-order chi connectivity index (χ1) is 12.2. The lowest BCUT2D eigenvalue weighted by molar-refractivity contribution is 0.526. The smallest absolute Gasteiger partial charge is 0.183 e. The molecule has 2 atom stereocenters. The predicted octanol–water partition coefficient (Wildman–Crippen LogP) is 2.38. The van der Waals surface area contributed by atoms with E-state index in [1.54, 1.807) is 0 Å². The van der Waals surface area contributed by atoms with Gasteiger partial charge in [-0.3, -0.25) is 0 Å². The molecule has 0 aromatic heterocycles. The summed E-state index contributed by atoms with van der Waals surface area (Å²) in [6.45, 7) is 2.38. The molecule has 2 aromatic carbocycles. The van der Waals surface area contributed by atoms with Crippen LogP contribution in [0.1, 0.15) is 11.1 Å². The molecule has 2 aromatic rings. The fourth-order valence-electron chi connectivity index (χ4n) is 3.18. The van der Waals surface area contributed by atoms with Crippen molar-refractivity contribution in [2.75, 3.05) is 11.5 Å². The highest BCUT2D eigenvalue weighted by atomic mass is 35.5. The van der Waals surface area contributed by atoms with Gasteiger partial charge in [-0.1, -0.05) is 41.4 Å². The summed E-state index contributed by atoms with van der Waals surface area (Å²) in [6.07, 6.45) is 0. The minimum atomic E-state index is -3.79. The molecule has 0 amide bonds. The Kier molecular flexibility index (Phi) is 5.44. The Bertz CT molecular complexity index is 1000. The Balaban J connectivity index is 1.85. The molecule has 1 N–H and O–H groups in total. The molecule has 1 saturated heterocycles. The maximum Gasteiger partial charge on any atom is 0.183 e. The average Bonchev–Trinajstić information content (AvgIpc) is 2.89. The molecule has 0 radical (unpaired) electrons. The van der Waals surface area contributed by atoms with E-state index < -0.39 is 31.0 Å². The van der Waals surface area contributed by atoms with Gasteiger partial charge in [0, 0.05) is 17.6 Å². The average molecular weight is 414 g/mol. The summed E-state index contributed by atoms with van der Waals surface area (Å²) in [6, 6.07) is 13.0.